The van der Waals surface area contributed by atoms with Crippen LogP contribution in [0.4, 0.5) is 14.9 Å². The Morgan fingerprint density at radius 2 is 2.04 bits per heavy atom. The van der Waals surface area contributed by atoms with Crippen molar-refractivity contribution in [2.45, 2.75) is 25.3 Å². The molecule has 6 heteroatoms. The molecule has 1 aliphatic rings. The number of methoxy groups -OCH3 is 1. The van der Waals surface area contributed by atoms with Gasteiger partial charge in [0.05, 0.1) is 7.11 Å². The number of piperidine rings is 1. The number of amides is 2. The molecule has 1 heterocycles. The van der Waals surface area contributed by atoms with Gasteiger partial charge in [-0.2, -0.15) is 0 Å². The summed E-state index contributed by atoms with van der Waals surface area (Å²) in [6.07, 6.45) is 3.04. The van der Waals surface area contributed by atoms with Crippen molar-refractivity contribution in [2.75, 3.05) is 25.5 Å². The Bertz CT molecular complexity index is 743. The van der Waals surface area contributed by atoms with Gasteiger partial charge in [0.15, 0.2) is 0 Å². The Hall–Kier alpha value is -2.60. The fraction of sp³-hybridized carbons (Fsp3) is 0.381. The minimum absolute atomic E-state index is 0.195. The Labute approximate surface area is 159 Å². The molecule has 0 bridgehead atoms. The predicted octanol–water partition coefficient (Wildman–Crippen LogP) is 3.57. The van der Waals surface area contributed by atoms with E-state index < -0.39 is 0 Å². The maximum Gasteiger partial charge on any atom is 0.319 e. The number of carbonyl (C=O) groups is 1. The zero-order valence-electron chi connectivity index (χ0n) is 15.5. The Balaban J connectivity index is 1.37. The highest BCUT2D eigenvalue weighted by atomic mass is 19.1. The summed E-state index contributed by atoms with van der Waals surface area (Å²) in [7, 11) is 1.59. The standard InChI is InChI=1S/C21H26FN3O2/c1-27-20-4-2-3-18(12-20)25-21(26)24-14-19-10-7-16(13-23-19)11-15-5-8-17(22)9-6-15/h2-6,8-9,12,16,19,23H,7,10-11,13-14H2,1H3,(H2,24,25,26)/t16-,19+/m1/s1. The van der Waals surface area contributed by atoms with Gasteiger partial charge < -0.3 is 20.7 Å². The van der Waals surface area contributed by atoms with Gasteiger partial charge in [-0.1, -0.05) is 18.2 Å². The van der Waals surface area contributed by atoms with Crippen molar-refractivity contribution in [1.82, 2.24) is 10.6 Å². The summed E-state index contributed by atoms with van der Waals surface area (Å²) in [5.41, 5.74) is 1.86. The van der Waals surface area contributed by atoms with Crippen LogP contribution in [0.25, 0.3) is 0 Å². The van der Waals surface area contributed by atoms with Crippen LogP contribution in [0.1, 0.15) is 18.4 Å². The Morgan fingerprint density at radius 1 is 1.22 bits per heavy atom. The summed E-state index contributed by atoms with van der Waals surface area (Å²) >= 11 is 0. The van der Waals surface area contributed by atoms with Gasteiger partial charge in [0.1, 0.15) is 11.6 Å². The van der Waals surface area contributed by atoms with Crippen molar-refractivity contribution in [3.8, 4) is 5.75 Å². The third-order valence-corrected chi connectivity index (χ3v) is 4.89. The number of anilines is 1. The van der Waals surface area contributed by atoms with Gasteiger partial charge in [-0.3, -0.25) is 0 Å². The molecule has 0 radical (unpaired) electrons. The lowest BCUT2D eigenvalue weighted by Gasteiger charge is -2.30. The molecular weight excluding hydrogens is 345 g/mol. The summed E-state index contributed by atoms with van der Waals surface area (Å²) in [5, 5.41) is 9.23. The van der Waals surface area contributed by atoms with Gasteiger partial charge in [-0.25, -0.2) is 9.18 Å². The lowest BCUT2D eigenvalue weighted by molar-refractivity contribution is 0.247. The maximum atomic E-state index is 13.0. The SMILES string of the molecule is COc1cccc(NC(=O)NC[C@@H]2CC[C@H](Cc3ccc(F)cc3)CN2)c1. The molecule has 0 saturated carbocycles. The van der Waals surface area contributed by atoms with Crippen LogP contribution in [0.15, 0.2) is 48.5 Å². The van der Waals surface area contributed by atoms with E-state index in [9.17, 15) is 9.18 Å². The maximum absolute atomic E-state index is 13.0. The first-order chi connectivity index (χ1) is 13.1. The van der Waals surface area contributed by atoms with Gasteiger partial charge in [0, 0.05) is 24.3 Å². The molecule has 1 fully saturated rings. The van der Waals surface area contributed by atoms with Gasteiger partial charge in [0.25, 0.3) is 0 Å². The molecule has 3 rings (SSSR count). The molecule has 0 aliphatic carbocycles. The quantitative estimate of drug-likeness (QED) is 0.727. The van der Waals surface area contributed by atoms with Crippen LogP contribution in [0.2, 0.25) is 0 Å². The fourth-order valence-electron chi connectivity index (χ4n) is 3.37. The van der Waals surface area contributed by atoms with Crippen molar-refractivity contribution >= 4 is 11.7 Å². The summed E-state index contributed by atoms with van der Waals surface area (Å²) in [6, 6.07) is 14.0. The number of hydrogen-bond acceptors (Lipinski definition) is 3. The molecule has 27 heavy (non-hydrogen) atoms. The first-order valence-corrected chi connectivity index (χ1v) is 9.29. The van der Waals surface area contributed by atoms with Gasteiger partial charge in [0.2, 0.25) is 0 Å². The second kappa shape index (κ2) is 9.37. The summed E-state index contributed by atoms with van der Waals surface area (Å²) in [4.78, 5) is 12.1. The van der Waals surface area contributed by atoms with Crippen LogP contribution in [0.5, 0.6) is 5.75 Å². The van der Waals surface area contributed by atoms with E-state index >= 15 is 0 Å². The molecule has 3 N–H and O–H groups in total. The second-order valence-corrected chi connectivity index (χ2v) is 6.95. The molecule has 2 atom stereocenters. The third kappa shape index (κ3) is 5.96. The number of hydrogen-bond donors (Lipinski definition) is 3. The molecule has 0 aromatic heterocycles. The largest absolute Gasteiger partial charge is 0.497 e. The third-order valence-electron chi connectivity index (χ3n) is 4.89. The predicted molar refractivity (Wildman–Crippen MR) is 105 cm³/mol. The van der Waals surface area contributed by atoms with Gasteiger partial charge in [-0.05, 0) is 61.6 Å². The van der Waals surface area contributed by atoms with E-state index in [4.69, 9.17) is 4.74 Å². The topological polar surface area (TPSA) is 62.4 Å². The number of nitrogens with one attached hydrogen (secondary N) is 3. The van der Waals surface area contributed by atoms with Crippen LogP contribution in [0.3, 0.4) is 0 Å². The number of ether oxygens (including phenoxy) is 1. The summed E-state index contributed by atoms with van der Waals surface area (Å²) in [5.74, 6) is 1.05. The van der Waals surface area contributed by atoms with Crippen molar-refractivity contribution in [2.24, 2.45) is 5.92 Å². The van der Waals surface area contributed by atoms with Crippen LogP contribution in [-0.4, -0.2) is 32.3 Å². The highest BCUT2D eigenvalue weighted by Gasteiger charge is 2.21. The van der Waals surface area contributed by atoms with Crippen molar-refractivity contribution in [3.05, 3.63) is 59.9 Å². The van der Waals surface area contributed by atoms with E-state index in [-0.39, 0.29) is 17.9 Å². The highest BCUT2D eigenvalue weighted by Crippen LogP contribution is 2.19. The molecule has 2 amide bonds. The minimum atomic E-state index is -0.224. The lowest BCUT2D eigenvalue weighted by Crippen LogP contribution is -2.47. The molecular formula is C21H26FN3O2. The molecule has 1 aliphatic heterocycles. The number of halogens is 1. The Kier molecular flexibility index (Phi) is 6.65. The van der Waals surface area contributed by atoms with Gasteiger partial charge >= 0.3 is 6.03 Å². The van der Waals surface area contributed by atoms with E-state index in [0.717, 1.165) is 31.4 Å². The molecule has 2 aromatic rings. The Morgan fingerprint density at radius 3 is 2.74 bits per heavy atom. The van der Waals surface area contributed by atoms with Crippen LogP contribution < -0.4 is 20.7 Å². The number of benzene rings is 2. The molecule has 144 valence electrons. The van der Waals surface area contributed by atoms with E-state index in [1.807, 2.05) is 30.3 Å². The van der Waals surface area contributed by atoms with E-state index in [1.165, 1.54) is 12.1 Å². The first-order valence-electron chi connectivity index (χ1n) is 9.29. The molecule has 0 unspecified atom stereocenters. The van der Waals surface area contributed by atoms with Crippen molar-refractivity contribution < 1.29 is 13.9 Å². The average Bonchev–Trinajstić information content (AvgIpc) is 2.69. The second-order valence-electron chi connectivity index (χ2n) is 6.95. The van der Waals surface area contributed by atoms with E-state index in [2.05, 4.69) is 16.0 Å². The summed E-state index contributed by atoms with van der Waals surface area (Å²) < 4.78 is 18.1. The first kappa shape index (κ1) is 19.2. The number of carbonyl (C=O) groups excluding carboxylic acids is 1. The van der Waals surface area contributed by atoms with Gasteiger partial charge in [-0.15, -0.1) is 0 Å². The smallest absolute Gasteiger partial charge is 0.319 e. The minimum Gasteiger partial charge on any atom is -0.497 e. The molecule has 1 saturated heterocycles. The van der Waals surface area contributed by atoms with Crippen LogP contribution in [0, 0.1) is 11.7 Å². The fourth-order valence-corrected chi connectivity index (χ4v) is 3.37. The van der Waals surface area contributed by atoms with E-state index in [0.29, 0.717) is 23.9 Å². The molecule has 5 nitrogen and oxygen atoms in total. The number of rotatable bonds is 6. The molecule has 0 spiro atoms. The lowest BCUT2D eigenvalue weighted by atomic mass is 9.89. The van der Waals surface area contributed by atoms with E-state index in [1.54, 1.807) is 13.2 Å². The zero-order valence-corrected chi connectivity index (χ0v) is 15.5. The molecule has 2 aromatic carbocycles. The normalized spacial score (nSPS) is 19.3. The highest BCUT2D eigenvalue weighted by molar-refractivity contribution is 5.89. The van der Waals surface area contributed by atoms with Crippen molar-refractivity contribution in [1.29, 1.82) is 0 Å². The van der Waals surface area contributed by atoms with Crippen LogP contribution >= 0.6 is 0 Å². The average molecular weight is 371 g/mol. The van der Waals surface area contributed by atoms with Crippen LogP contribution in [-0.2, 0) is 6.42 Å². The monoisotopic (exact) mass is 371 g/mol. The zero-order chi connectivity index (χ0) is 19.1. The van der Waals surface area contributed by atoms with Crippen molar-refractivity contribution in [3.63, 3.8) is 0 Å². The number of urea groups is 1. The summed E-state index contributed by atoms with van der Waals surface area (Å²) in [6.45, 7) is 1.49.